The Balaban J connectivity index is 1.76. The van der Waals surface area contributed by atoms with E-state index in [1.54, 1.807) is 0 Å². The zero-order valence-corrected chi connectivity index (χ0v) is 8.58. The van der Waals surface area contributed by atoms with E-state index in [0.717, 1.165) is 25.4 Å². The molecule has 3 saturated heterocycles. The fourth-order valence-corrected chi connectivity index (χ4v) is 3.69. The largest absolute Gasteiger partial charge is 0.351 e. The highest BCUT2D eigenvalue weighted by atomic mass is 32.2. The van der Waals surface area contributed by atoms with Gasteiger partial charge in [0.15, 0.2) is 0 Å². The average Bonchev–Trinajstić information content (AvgIpc) is 2.51. The van der Waals surface area contributed by atoms with Gasteiger partial charge in [-0.15, -0.1) is 0 Å². The molecule has 74 valence electrons. The molecule has 2 N–H and O–H groups in total. The third-order valence-corrected chi connectivity index (χ3v) is 4.48. The number of thioether (sulfide) groups is 1. The van der Waals surface area contributed by atoms with Gasteiger partial charge in [-0.1, -0.05) is 0 Å². The van der Waals surface area contributed by atoms with E-state index < -0.39 is 0 Å². The van der Waals surface area contributed by atoms with Crippen molar-refractivity contribution in [2.45, 2.75) is 24.2 Å². The smallest absolute Gasteiger partial charge is 0.130 e. The van der Waals surface area contributed by atoms with Crippen molar-refractivity contribution in [2.24, 2.45) is 0 Å². The summed E-state index contributed by atoms with van der Waals surface area (Å²) in [5.74, 6) is 2.38. The van der Waals surface area contributed by atoms with Gasteiger partial charge >= 0.3 is 0 Å². The lowest BCUT2D eigenvalue weighted by Gasteiger charge is -2.52. The van der Waals surface area contributed by atoms with Gasteiger partial charge in [0.25, 0.3) is 0 Å². The molecule has 1 unspecified atom stereocenters. The number of hydrogen-bond donors (Lipinski definition) is 2. The van der Waals surface area contributed by atoms with Crippen LogP contribution in [0.1, 0.15) is 12.8 Å². The highest BCUT2D eigenvalue weighted by Gasteiger charge is 2.50. The summed E-state index contributed by atoms with van der Waals surface area (Å²) in [5, 5.41) is 6.87. The highest BCUT2D eigenvalue weighted by molar-refractivity contribution is 7.99. The molecule has 2 spiro atoms. The molecule has 1 atom stereocenters. The molecule has 13 heavy (non-hydrogen) atoms. The maximum absolute atomic E-state index is 6.26. The molecule has 0 aromatic carbocycles. The van der Waals surface area contributed by atoms with Crippen LogP contribution in [0.25, 0.3) is 0 Å². The summed E-state index contributed by atoms with van der Waals surface area (Å²) >= 11 is 2.01. The number of ether oxygens (including phenoxy) is 1. The summed E-state index contributed by atoms with van der Waals surface area (Å²) in [6.07, 6.45) is 2.35. The van der Waals surface area contributed by atoms with E-state index in [1.165, 1.54) is 18.6 Å². The molecule has 4 heteroatoms. The third-order valence-electron chi connectivity index (χ3n) is 3.32. The van der Waals surface area contributed by atoms with Crippen molar-refractivity contribution in [3.63, 3.8) is 0 Å². The van der Waals surface area contributed by atoms with Crippen molar-refractivity contribution in [3.8, 4) is 0 Å². The van der Waals surface area contributed by atoms with E-state index in [2.05, 4.69) is 10.6 Å². The van der Waals surface area contributed by atoms with Crippen LogP contribution in [0.3, 0.4) is 0 Å². The van der Waals surface area contributed by atoms with E-state index in [4.69, 9.17) is 4.74 Å². The molecular formula is C9H16N2OS. The molecule has 3 aliphatic heterocycles. The van der Waals surface area contributed by atoms with E-state index in [1.807, 2.05) is 11.8 Å². The topological polar surface area (TPSA) is 33.3 Å². The molecule has 0 amide bonds. The molecule has 0 radical (unpaired) electrons. The predicted molar refractivity (Wildman–Crippen MR) is 54.0 cm³/mol. The molecule has 3 fully saturated rings. The molecule has 0 saturated carbocycles. The van der Waals surface area contributed by atoms with Crippen LogP contribution in [-0.2, 0) is 4.74 Å². The van der Waals surface area contributed by atoms with Gasteiger partial charge in [-0.2, -0.15) is 11.8 Å². The molecular weight excluding hydrogens is 184 g/mol. The van der Waals surface area contributed by atoms with E-state index in [0.29, 0.717) is 0 Å². The minimum absolute atomic E-state index is 0.0328. The quantitative estimate of drug-likeness (QED) is 0.584. The van der Waals surface area contributed by atoms with Crippen LogP contribution in [-0.4, -0.2) is 42.5 Å². The molecule has 3 aliphatic rings. The van der Waals surface area contributed by atoms with Gasteiger partial charge in [-0.05, 0) is 18.6 Å². The van der Waals surface area contributed by atoms with Crippen LogP contribution in [0.15, 0.2) is 0 Å². The van der Waals surface area contributed by atoms with E-state index in [9.17, 15) is 0 Å². The summed E-state index contributed by atoms with van der Waals surface area (Å²) < 4.78 is 6.26. The van der Waals surface area contributed by atoms with Crippen LogP contribution >= 0.6 is 11.8 Å². The Morgan fingerprint density at radius 3 is 2.77 bits per heavy atom. The Hall–Kier alpha value is 0.230. The second kappa shape index (κ2) is 2.86. The van der Waals surface area contributed by atoms with Crippen molar-refractivity contribution in [1.29, 1.82) is 0 Å². The summed E-state index contributed by atoms with van der Waals surface area (Å²) in [4.78, 5) is 0. The maximum Gasteiger partial charge on any atom is 0.130 e. The summed E-state index contributed by atoms with van der Waals surface area (Å²) in [6.45, 7) is 3.24. The van der Waals surface area contributed by atoms with Crippen molar-refractivity contribution < 1.29 is 4.74 Å². The summed E-state index contributed by atoms with van der Waals surface area (Å²) in [6, 6.07) is 0. The van der Waals surface area contributed by atoms with Crippen molar-refractivity contribution in [1.82, 2.24) is 10.6 Å². The van der Waals surface area contributed by atoms with Crippen LogP contribution in [0.5, 0.6) is 0 Å². The minimum Gasteiger partial charge on any atom is -0.351 e. The monoisotopic (exact) mass is 200 g/mol. The molecule has 0 aromatic rings. The van der Waals surface area contributed by atoms with Gasteiger partial charge < -0.3 is 10.1 Å². The zero-order valence-electron chi connectivity index (χ0n) is 7.77. The normalized spacial score (nSPS) is 42.5. The second-order valence-electron chi connectivity index (χ2n) is 4.36. The first-order chi connectivity index (χ1) is 6.33. The van der Waals surface area contributed by atoms with Crippen LogP contribution in [0.2, 0.25) is 0 Å². The molecule has 0 aromatic heterocycles. The van der Waals surface area contributed by atoms with Crippen LogP contribution in [0.4, 0.5) is 0 Å². The van der Waals surface area contributed by atoms with Crippen molar-refractivity contribution in [3.05, 3.63) is 0 Å². The lowest BCUT2D eigenvalue weighted by Crippen LogP contribution is -2.71. The van der Waals surface area contributed by atoms with Gasteiger partial charge in [0.1, 0.15) is 5.72 Å². The van der Waals surface area contributed by atoms with Gasteiger partial charge in [0.2, 0.25) is 0 Å². The fraction of sp³-hybridized carbons (Fsp3) is 1.00. The SMILES string of the molecule is C1CC2(CNC2)OC2(CCSC2)N1. The zero-order chi connectivity index (χ0) is 8.78. The van der Waals surface area contributed by atoms with Crippen LogP contribution in [0, 0.1) is 0 Å². The molecule has 0 aliphatic carbocycles. The Morgan fingerprint density at radius 2 is 2.15 bits per heavy atom. The van der Waals surface area contributed by atoms with Gasteiger partial charge in [0.05, 0.1) is 5.60 Å². The minimum atomic E-state index is 0.0328. The molecule has 3 heterocycles. The van der Waals surface area contributed by atoms with E-state index in [-0.39, 0.29) is 11.3 Å². The van der Waals surface area contributed by atoms with E-state index >= 15 is 0 Å². The fourth-order valence-electron chi connectivity index (χ4n) is 2.44. The first-order valence-electron chi connectivity index (χ1n) is 5.06. The Morgan fingerprint density at radius 1 is 1.23 bits per heavy atom. The number of hydrogen-bond acceptors (Lipinski definition) is 4. The van der Waals surface area contributed by atoms with Crippen LogP contribution < -0.4 is 10.6 Å². The standard InChI is InChI=1S/C9H16N2OS/c1-3-11-9(2-4-13-7-9)12-8(1)5-10-6-8/h10-11H,1-7H2. The molecule has 0 bridgehead atoms. The second-order valence-corrected chi connectivity index (χ2v) is 5.47. The van der Waals surface area contributed by atoms with Gasteiger partial charge in [0, 0.05) is 25.4 Å². The van der Waals surface area contributed by atoms with Gasteiger partial charge in [-0.3, -0.25) is 5.32 Å². The Labute approximate surface area is 83.0 Å². The number of rotatable bonds is 0. The highest BCUT2D eigenvalue weighted by Crippen LogP contribution is 2.38. The maximum atomic E-state index is 6.26. The lowest BCUT2D eigenvalue weighted by molar-refractivity contribution is -0.207. The van der Waals surface area contributed by atoms with Crippen molar-refractivity contribution >= 4 is 11.8 Å². The number of nitrogens with one attached hydrogen (secondary N) is 2. The van der Waals surface area contributed by atoms with Gasteiger partial charge in [-0.25, -0.2) is 0 Å². The average molecular weight is 200 g/mol. The Kier molecular flexibility index (Phi) is 1.88. The lowest BCUT2D eigenvalue weighted by atomic mass is 9.89. The summed E-state index contributed by atoms with van der Waals surface area (Å²) in [7, 11) is 0. The van der Waals surface area contributed by atoms with Crippen molar-refractivity contribution in [2.75, 3.05) is 31.1 Å². The first-order valence-corrected chi connectivity index (χ1v) is 6.22. The summed E-state index contributed by atoms with van der Waals surface area (Å²) in [5.41, 5.74) is 0.223. The predicted octanol–water partition coefficient (Wildman–Crippen LogP) is 0.172. The molecule has 3 nitrogen and oxygen atoms in total. The molecule has 3 rings (SSSR count). The Bertz CT molecular complexity index is 212. The first kappa shape index (κ1) is 8.53. The third kappa shape index (κ3) is 1.31.